The lowest BCUT2D eigenvalue weighted by Gasteiger charge is -2.11. The summed E-state index contributed by atoms with van der Waals surface area (Å²) in [6.07, 6.45) is 0.772. The van der Waals surface area contributed by atoms with E-state index in [1.165, 1.54) is 0 Å². The first-order valence-electron chi connectivity index (χ1n) is 4.72. The van der Waals surface area contributed by atoms with Gasteiger partial charge in [-0.15, -0.1) is 11.6 Å². The molecule has 4 heteroatoms. The van der Waals surface area contributed by atoms with Crippen molar-refractivity contribution in [2.45, 2.75) is 6.92 Å². The van der Waals surface area contributed by atoms with E-state index in [1.54, 1.807) is 18.2 Å². The van der Waals surface area contributed by atoms with Gasteiger partial charge in [0.2, 0.25) is 0 Å². The molecule has 1 aromatic carbocycles. The van der Waals surface area contributed by atoms with Gasteiger partial charge in [0.15, 0.2) is 11.5 Å². The normalized spacial score (nSPS) is 9.73. The number of halogens is 1. The standard InChI is InChI=1S/C11H13ClO3/c1-2-14-11-7-9(8-13)3-4-10(11)15-6-5-12/h3-4,7-8H,2,5-6H2,1H3. The molecule has 0 radical (unpaired) electrons. The van der Waals surface area contributed by atoms with E-state index in [1.807, 2.05) is 6.92 Å². The molecular weight excluding hydrogens is 216 g/mol. The van der Waals surface area contributed by atoms with E-state index >= 15 is 0 Å². The molecule has 82 valence electrons. The van der Waals surface area contributed by atoms with Crippen molar-refractivity contribution in [2.75, 3.05) is 19.1 Å². The van der Waals surface area contributed by atoms with Gasteiger partial charge in [0, 0.05) is 5.56 Å². The number of benzene rings is 1. The Kier molecular flexibility index (Phi) is 4.98. The smallest absolute Gasteiger partial charge is 0.161 e. The van der Waals surface area contributed by atoms with Gasteiger partial charge in [-0.05, 0) is 25.1 Å². The minimum atomic E-state index is 0.418. The fourth-order valence-electron chi connectivity index (χ4n) is 1.13. The molecule has 0 unspecified atom stereocenters. The first kappa shape index (κ1) is 11.9. The number of alkyl halides is 1. The van der Waals surface area contributed by atoms with E-state index in [-0.39, 0.29) is 0 Å². The van der Waals surface area contributed by atoms with Crippen LogP contribution >= 0.6 is 11.6 Å². The molecule has 0 atom stereocenters. The molecule has 0 saturated heterocycles. The fourth-order valence-corrected chi connectivity index (χ4v) is 1.21. The molecule has 0 bridgehead atoms. The zero-order chi connectivity index (χ0) is 11.1. The maximum Gasteiger partial charge on any atom is 0.161 e. The Morgan fingerprint density at radius 1 is 1.33 bits per heavy atom. The first-order chi connectivity index (χ1) is 7.31. The van der Waals surface area contributed by atoms with Crippen LogP contribution < -0.4 is 9.47 Å². The van der Waals surface area contributed by atoms with Gasteiger partial charge in [0.25, 0.3) is 0 Å². The second kappa shape index (κ2) is 6.30. The average molecular weight is 229 g/mol. The molecule has 0 aliphatic carbocycles. The van der Waals surface area contributed by atoms with E-state index in [4.69, 9.17) is 21.1 Å². The zero-order valence-electron chi connectivity index (χ0n) is 8.53. The summed E-state index contributed by atoms with van der Waals surface area (Å²) in [5, 5.41) is 0. The van der Waals surface area contributed by atoms with Gasteiger partial charge in [-0.3, -0.25) is 4.79 Å². The molecule has 0 amide bonds. The van der Waals surface area contributed by atoms with E-state index in [0.29, 0.717) is 36.2 Å². The number of hydrogen-bond donors (Lipinski definition) is 0. The Balaban J connectivity index is 2.87. The van der Waals surface area contributed by atoms with Crippen molar-refractivity contribution in [3.63, 3.8) is 0 Å². The third kappa shape index (κ3) is 3.44. The third-order valence-electron chi connectivity index (χ3n) is 1.74. The molecule has 3 nitrogen and oxygen atoms in total. The molecule has 0 saturated carbocycles. The van der Waals surface area contributed by atoms with Crippen LogP contribution in [0.3, 0.4) is 0 Å². The van der Waals surface area contributed by atoms with E-state index in [0.717, 1.165) is 6.29 Å². The Bertz CT molecular complexity index is 326. The summed E-state index contributed by atoms with van der Waals surface area (Å²) in [6.45, 7) is 2.82. The predicted octanol–water partition coefficient (Wildman–Crippen LogP) is 2.52. The Morgan fingerprint density at radius 3 is 2.73 bits per heavy atom. The molecule has 1 rings (SSSR count). The fraction of sp³-hybridized carbons (Fsp3) is 0.364. The van der Waals surface area contributed by atoms with Gasteiger partial charge in [-0.2, -0.15) is 0 Å². The number of hydrogen-bond acceptors (Lipinski definition) is 3. The highest BCUT2D eigenvalue weighted by Gasteiger charge is 2.05. The summed E-state index contributed by atoms with van der Waals surface area (Å²) in [4.78, 5) is 10.6. The molecule has 0 aliphatic rings. The monoisotopic (exact) mass is 228 g/mol. The highest BCUT2D eigenvalue weighted by atomic mass is 35.5. The number of aldehydes is 1. The van der Waals surface area contributed by atoms with Crippen LogP contribution in [0.15, 0.2) is 18.2 Å². The van der Waals surface area contributed by atoms with Gasteiger partial charge in [-0.1, -0.05) is 0 Å². The molecule has 0 fully saturated rings. The molecule has 0 spiro atoms. The molecule has 1 aromatic rings. The Hall–Kier alpha value is -1.22. The lowest BCUT2D eigenvalue weighted by atomic mass is 10.2. The summed E-state index contributed by atoms with van der Waals surface area (Å²) in [5.74, 6) is 1.61. The predicted molar refractivity (Wildman–Crippen MR) is 59.2 cm³/mol. The van der Waals surface area contributed by atoms with Gasteiger partial charge < -0.3 is 9.47 Å². The van der Waals surface area contributed by atoms with Crippen molar-refractivity contribution in [1.82, 2.24) is 0 Å². The lowest BCUT2D eigenvalue weighted by molar-refractivity contribution is 0.112. The van der Waals surface area contributed by atoms with Crippen LogP contribution in [0.1, 0.15) is 17.3 Å². The summed E-state index contributed by atoms with van der Waals surface area (Å²) in [6, 6.07) is 5.04. The van der Waals surface area contributed by atoms with E-state index in [2.05, 4.69) is 0 Å². The van der Waals surface area contributed by atoms with E-state index < -0.39 is 0 Å². The number of carbonyl (C=O) groups excluding carboxylic acids is 1. The van der Waals surface area contributed by atoms with Crippen LogP contribution in [-0.2, 0) is 0 Å². The van der Waals surface area contributed by atoms with Gasteiger partial charge >= 0.3 is 0 Å². The molecule has 0 aromatic heterocycles. The molecule has 0 aliphatic heterocycles. The Morgan fingerprint density at radius 2 is 2.13 bits per heavy atom. The summed E-state index contributed by atoms with van der Waals surface area (Å²) in [5.41, 5.74) is 0.566. The van der Waals surface area contributed by atoms with Crippen LogP contribution in [0.4, 0.5) is 0 Å². The first-order valence-corrected chi connectivity index (χ1v) is 5.26. The number of carbonyl (C=O) groups is 1. The summed E-state index contributed by atoms with van der Waals surface area (Å²) in [7, 11) is 0. The van der Waals surface area contributed by atoms with Crippen LogP contribution in [0, 0.1) is 0 Å². The van der Waals surface area contributed by atoms with Crippen molar-refractivity contribution in [1.29, 1.82) is 0 Å². The van der Waals surface area contributed by atoms with Crippen LogP contribution in [0.5, 0.6) is 11.5 Å². The van der Waals surface area contributed by atoms with Crippen LogP contribution in [0.2, 0.25) is 0 Å². The van der Waals surface area contributed by atoms with Crippen molar-refractivity contribution >= 4 is 17.9 Å². The number of ether oxygens (including phenoxy) is 2. The lowest BCUT2D eigenvalue weighted by Crippen LogP contribution is -2.02. The van der Waals surface area contributed by atoms with Crippen molar-refractivity contribution in [3.8, 4) is 11.5 Å². The largest absolute Gasteiger partial charge is 0.490 e. The highest BCUT2D eigenvalue weighted by Crippen LogP contribution is 2.27. The van der Waals surface area contributed by atoms with Gasteiger partial charge in [0.05, 0.1) is 12.5 Å². The van der Waals surface area contributed by atoms with Gasteiger partial charge in [0.1, 0.15) is 12.9 Å². The van der Waals surface area contributed by atoms with Crippen molar-refractivity contribution in [3.05, 3.63) is 23.8 Å². The average Bonchev–Trinajstić information content (AvgIpc) is 2.27. The zero-order valence-corrected chi connectivity index (χ0v) is 9.29. The van der Waals surface area contributed by atoms with Crippen molar-refractivity contribution in [2.24, 2.45) is 0 Å². The van der Waals surface area contributed by atoms with E-state index in [9.17, 15) is 4.79 Å². The molecule has 0 heterocycles. The minimum Gasteiger partial charge on any atom is -0.490 e. The minimum absolute atomic E-state index is 0.418. The summed E-state index contributed by atoms with van der Waals surface area (Å²) < 4.78 is 10.7. The SMILES string of the molecule is CCOc1cc(C=O)ccc1OCCCl. The third-order valence-corrected chi connectivity index (χ3v) is 1.89. The molecule has 0 N–H and O–H groups in total. The maximum absolute atomic E-state index is 10.6. The second-order valence-electron chi connectivity index (χ2n) is 2.79. The topological polar surface area (TPSA) is 35.5 Å². The quantitative estimate of drug-likeness (QED) is 0.555. The van der Waals surface area contributed by atoms with Crippen LogP contribution in [-0.4, -0.2) is 25.4 Å². The highest BCUT2D eigenvalue weighted by molar-refractivity contribution is 6.18. The molecular formula is C11H13ClO3. The Labute approximate surface area is 93.9 Å². The molecule has 15 heavy (non-hydrogen) atoms. The van der Waals surface area contributed by atoms with Crippen molar-refractivity contribution < 1.29 is 14.3 Å². The van der Waals surface area contributed by atoms with Crippen LogP contribution in [0.25, 0.3) is 0 Å². The number of rotatable bonds is 6. The van der Waals surface area contributed by atoms with Gasteiger partial charge in [-0.25, -0.2) is 0 Å². The summed E-state index contributed by atoms with van der Waals surface area (Å²) >= 11 is 5.52. The maximum atomic E-state index is 10.6. The second-order valence-corrected chi connectivity index (χ2v) is 3.17.